The number of aliphatic hydroxyl groups is 2. The molecule has 0 saturated heterocycles. The van der Waals surface area contributed by atoms with Crippen molar-refractivity contribution in [2.75, 3.05) is 80.4 Å². The number of nitrogens with zero attached hydrogens (tertiary/aromatic N) is 2. The maximum absolute atomic E-state index is 11.9. The molecule has 0 aromatic rings. The van der Waals surface area contributed by atoms with E-state index in [0.29, 0.717) is 35.0 Å². The number of amides is 2. The Kier molecular flexibility index (Phi) is 34.1. The Morgan fingerprint density at radius 2 is 1.54 bits per heavy atom. The molecule has 0 spiro atoms. The van der Waals surface area contributed by atoms with E-state index in [-0.39, 0.29) is 29.0 Å². The first-order valence-corrected chi connectivity index (χ1v) is 21.3. The quantitative estimate of drug-likeness (QED) is 0.0184. The molecule has 0 aromatic carbocycles. The number of rotatable bonds is 27. The van der Waals surface area contributed by atoms with Crippen LogP contribution in [-0.4, -0.2) is 118 Å². The van der Waals surface area contributed by atoms with Crippen LogP contribution in [0.3, 0.4) is 0 Å². The van der Waals surface area contributed by atoms with Gasteiger partial charge in [0.2, 0.25) is 11.9 Å². The monoisotopic (exact) mass is 722 g/mol. The lowest BCUT2D eigenvalue weighted by Crippen LogP contribution is -2.23. The molecule has 0 fully saturated rings. The van der Waals surface area contributed by atoms with Crippen molar-refractivity contribution in [3.8, 4) is 0 Å². The molecule has 2 amide bonds. The van der Waals surface area contributed by atoms with Crippen molar-refractivity contribution in [2.24, 2.45) is 9.98 Å². The maximum atomic E-state index is 11.9. The molecule has 4 N–H and O–H groups in total. The van der Waals surface area contributed by atoms with Gasteiger partial charge in [-0.3, -0.25) is 4.79 Å². The van der Waals surface area contributed by atoms with E-state index < -0.39 is 17.3 Å². The molecular weight excluding hydrogens is 689 g/mol. The summed E-state index contributed by atoms with van der Waals surface area (Å²) in [7, 11) is 0. The smallest absolute Gasteiger partial charge is 0.408 e. The number of aliphatic hydroxyl groups excluding tert-OH is 2. The van der Waals surface area contributed by atoms with Gasteiger partial charge >= 0.3 is 6.09 Å². The highest BCUT2D eigenvalue weighted by Gasteiger charge is 2.05. The molecule has 0 aliphatic rings. The summed E-state index contributed by atoms with van der Waals surface area (Å²) in [6, 6.07) is 0. The Morgan fingerprint density at radius 3 is 2.28 bits per heavy atom. The lowest BCUT2D eigenvalue weighted by atomic mass is 10.9. The third-order valence-corrected chi connectivity index (χ3v) is 11.4. The number of nitrogens with one attached hydrogen (secondary N) is 2. The molecule has 228 valence electrons. The minimum Gasteiger partial charge on any atom is -0.611 e. The van der Waals surface area contributed by atoms with Gasteiger partial charge < -0.3 is 35.0 Å². The highest BCUT2D eigenvalue weighted by Crippen LogP contribution is 2.13. The first-order chi connectivity index (χ1) is 19.1. The number of alkyl carbamates (subject to hydrolysis) is 1. The zero-order valence-corrected chi connectivity index (χ0v) is 28.3. The van der Waals surface area contributed by atoms with Gasteiger partial charge in [0.15, 0.2) is 0 Å². The molecule has 0 aromatic heterocycles. The minimum atomic E-state index is -1.11. The third-order valence-electron chi connectivity index (χ3n) is 3.16. The summed E-state index contributed by atoms with van der Waals surface area (Å²) >= 11 is 10.3. The molecule has 0 saturated carbocycles. The highest BCUT2D eigenvalue weighted by molar-refractivity contribution is 8.16. The predicted molar refractivity (Wildman–Crippen MR) is 179 cm³/mol. The molecule has 0 heterocycles. The van der Waals surface area contributed by atoms with Crippen LogP contribution in [0.25, 0.3) is 0 Å². The summed E-state index contributed by atoms with van der Waals surface area (Å²) in [5, 5.41) is 24.0. The summed E-state index contributed by atoms with van der Waals surface area (Å²) < 4.78 is 16.8. The van der Waals surface area contributed by atoms with Crippen LogP contribution in [0.15, 0.2) is 9.98 Å². The number of hydrogen-bond acceptors (Lipinski definition) is 18. The Hall–Kier alpha value is 0.870. The van der Waals surface area contributed by atoms with Gasteiger partial charge in [0.25, 0.3) is 5.24 Å². The zero-order valence-electron chi connectivity index (χ0n) is 21.0. The van der Waals surface area contributed by atoms with Gasteiger partial charge in [0, 0.05) is 27.4 Å². The molecule has 0 aliphatic heterocycles. The van der Waals surface area contributed by atoms with Gasteiger partial charge in [-0.25, -0.2) is 14.8 Å². The third kappa shape index (κ3) is 33.2. The topological polar surface area (TPSA) is 174 Å². The number of ether oxygens (including phenoxy) is 1. The number of thioether (sulfide) groups is 8. The second kappa shape index (κ2) is 33.4. The summed E-state index contributed by atoms with van der Waals surface area (Å²) in [6.07, 6.45) is 0.696. The van der Waals surface area contributed by atoms with E-state index in [1.54, 1.807) is 47.0 Å². The van der Waals surface area contributed by atoms with Gasteiger partial charge in [0.05, 0.1) is 35.4 Å². The highest BCUT2D eigenvalue weighted by atomic mass is 32.2. The standard InChI is InChI=1S/C18H34N4O8S9/c23-11-36-13-28-17(25)21-8-34-16-33-7-20-10-39(27)4-3-31-1-2-38-18(26)22-9-35-15-32-6-19-5-29-30-14-37-12-24/h5,10,23-24H,1-4,6-9,11-16H2,(H,21,25)(H,22,26)/b19-5-,20-10+. The first kappa shape index (κ1) is 39.9. The Morgan fingerprint density at radius 1 is 0.846 bits per heavy atom. The van der Waals surface area contributed by atoms with Crippen molar-refractivity contribution in [1.29, 1.82) is 0 Å². The molecule has 21 heteroatoms. The van der Waals surface area contributed by atoms with E-state index in [1.165, 1.54) is 47.2 Å². The maximum Gasteiger partial charge on any atom is 0.408 e. The number of aliphatic imine (C=N–C) groups is 2. The average molecular weight is 723 g/mol. The van der Waals surface area contributed by atoms with Crippen molar-refractivity contribution in [2.45, 2.75) is 0 Å². The van der Waals surface area contributed by atoms with Gasteiger partial charge in [-0.2, -0.15) is 16.6 Å². The molecule has 0 radical (unpaired) electrons. The molecule has 1 atom stereocenters. The molecule has 12 nitrogen and oxygen atoms in total. The molecular formula is C18H34N4O8S9. The first-order valence-electron chi connectivity index (χ1n) is 10.8. The largest absolute Gasteiger partial charge is 0.611 e. The Labute approximate surface area is 266 Å². The summed E-state index contributed by atoms with van der Waals surface area (Å²) in [5.41, 5.74) is 1.47. The lowest BCUT2D eigenvalue weighted by Gasteiger charge is -2.06. The lowest BCUT2D eigenvalue weighted by molar-refractivity contribution is -0.196. The Bertz CT molecular complexity index is 647. The van der Waals surface area contributed by atoms with E-state index in [2.05, 4.69) is 25.5 Å². The fourth-order valence-electron chi connectivity index (χ4n) is 1.63. The minimum absolute atomic E-state index is 0.0272. The molecule has 39 heavy (non-hydrogen) atoms. The summed E-state index contributed by atoms with van der Waals surface area (Å²) in [5.74, 6) is 4.92. The Balaban J connectivity index is 3.42. The summed E-state index contributed by atoms with van der Waals surface area (Å²) in [4.78, 5) is 40.6. The van der Waals surface area contributed by atoms with Gasteiger partial charge in [-0.1, -0.05) is 23.5 Å². The van der Waals surface area contributed by atoms with Crippen LogP contribution in [0, 0.1) is 0 Å². The van der Waals surface area contributed by atoms with Crippen LogP contribution < -0.4 is 10.6 Å². The van der Waals surface area contributed by atoms with Crippen LogP contribution >= 0.6 is 94.1 Å². The van der Waals surface area contributed by atoms with Crippen molar-refractivity contribution < 1.29 is 38.9 Å². The van der Waals surface area contributed by atoms with E-state index in [4.69, 9.17) is 19.8 Å². The number of hydrogen-bond donors (Lipinski definition) is 4. The number of carbonyl (C=O) groups excluding carboxylic acids is 2. The molecule has 1 unspecified atom stereocenters. The van der Waals surface area contributed by atoms with Gasteiger partial charge in [-0.05, 0) is 11.2 Å². The SMILES string of the molecule is O=C(NCSCSC/N=C/[S+]([O-])CCSCCSC(=O)NCSCSC/N=C\OOCSCO)OCSCO. The van der Waals surface area contributed by atoms with E-state index in [0.717, 1.165) is 33.4 Å². The van der Waals surface area contributed by atoms with Crippen molar-refractivity contribution in [3.05, 3.63) is 0 Å². The molecule has 0 rings (SSSR count). The van der Waals surface area contributed by atoms with Gasteiger partial charge in [0.1, 0.15) is 17.6 Å². The van der Waals surface area contributed by atoms with Gasteiger partial charge in [-0.15, -0.1) is 58.8 Å². The predicted octanol–water partition coefficient (Wildman–Crippen LogP) is 3.60. The normalized spacial score (nSPS) is 12.2. The van der Waals surface area contributed by atoms with Crippen LogP contribution in [0.5, 0.6) is 0 Å². The second-order valence-corrected chi connectivity index (χ2v) is 16.0. The average Bonchev–Trinajstić information content (AvgIpc) is 2.92. The van der Waals surface area contributed by atoms with Crippen molar-refractivity contribution in [1.82, 2.24) is 10.6 Å². The number of carbonyl (C=O) groups is 2. The van der Waals surface area contributed by atoms with E-state index >= 15 is 0 Å². The fourth-order valence-corrected chi connectivity index (χ4v) is 8.13. The van der Waals surface area contributed by atoms with Crippen LogP contribution in [0.1, 0.15) is 0 Å². The summed E-state index contributed by atoms with van der Waals surface area (Å²) in [6.45, 7) is 0. The molecule has 0 bridgehead atoms. The zero-order chi connectivity index (χ0) is 28.7. The van der Waals surface area contributed by atoms with Crippen molar-refractivity contribution >= 4 is 129 Å². The van der Waals surface area contributed by atoms with Crippen LogP contribution in [-0.2, 0) is 25.7 Å². The molecule has 0 aliphatic carbocycles. The fraction of sp³-hybridized carbons (Fsp3) is 0.778. The second-order valence-electron chi connectivity index (χ2n) is 5.91. The van der Waals surface area contributed by atoms with E-state index in [1.807, 2.05) is 0 Å². The van der Waals surface area contributed by atoms with Crippen LogP contribution in [0.4, 0.5) is 9.59 Å². The van der Waals surface area contributed by atoms with Crippen molar-refractivity contribution in [3.63, 3.8) is 0 Å². The van der Waals surface area contributed by atoms with E-state index in [9.17, 15) is 14.1 Å². The van der Waals surface area contributed by atoms with Crippen LogP contribution in [0.2, 0.25) is 0 Å².